The Hall–Kier alpha value is 0.337. The fourth-order valence-electron chi connectivity index (χ4n) is 1.01. The zero-order chi connectivity index (χ0) is 13.5. The molecular formula is C7H17LiN2O6S2. The molecule has 0 aromatic carbocycles. The summed E-state index contributed by atoms with van der Waals surface area (Å²) >= 11 is 0. The van der Waals surface area contributed by atoms with Crippen molar-refractivity contribution in [2.75, 3.05) is 25.4 Å². The average Bonchev–Trinajstić information content (AvgIpc) is 2.19. The molecule has 0 radical (unpaired) electrons. The van der Waals surface area contributed by atoms with Crippen LogP contribution in [0.4, 0.5) is 0 Å². The monoisotopic (exact) mass is 296 g/mol. The molecule has 0 bridgehead atoms. The smallest absolute Gasteiger partial charge is 0.747 e. The van der Waals surface area contributed by atoms with Crippen molar-refractivity contribution in [3.05, 3.63) is 0 Å². The molecule has 1 unspecified atom stereocenters. The van der Waals surface area contributed by atoms with Crippen LogP contribution in [0.3, 0.4) is 0 Å². The van der Waals surface area contributed by atoms with Gasteiger partial charge in [-0.1, -0.05) is 6.92 Å². The molecule has 0 aliphatic rings. The molecule has 0 saturated heterocycles. The molecule has 1 atom stereocenters. The van der Waals surface area contributed by atoms with Gasteiger partial charge in [0.05, 0.1) is 12.4 Å². The first-order valence-corrected chi connectivity index (χ1v) is 8.11. The molecule has 0 aliphatic carbocycles. The standard InChI is InChI=1S/C7H18N2O6S2.Li/c1-2-8-4-3-5-16(11,12)9-7(6-10)17(13,14)15;/h7-10H,2-6H2,1H3,(H,13,14,15);/q;+1/p-1. The van der Waals surface area contributed by atoms with Crippen LogP contribution in [0, 0.1) is 0 Å². The van der Waals surface area contributed by atoms with Gasteiger partial charge in [-0.2, -0.15) is 4.72 Å². The van der Waals surface area contributed by atoms with Crippen molar-refractivity contribution in [2.45, 2.75) is 18.7 Å². The minimum atomic E-state index is -4.89. The Morgan fingerprint density at radius 3 is 2.22 bits per heavy atom. The molecule has 0 amide bonds. The van der Waals surface area contributed by atoms with Crippen LogP contribution in [0.2, 0.25) is 0 Å². The Morgan fingerprint density at radius 1 is 1.28 bits per heavy atom. The van der Waals surface area contributed by atoms with Gasteiger partial charge in [-0.05, 0) is 19.5 Å². The predicted molar refractivity (Wildman–Crippen MR) is 60.7 cm³/mol. The summed E-state index contributed by atoms with van der Waals surface area (Å²) in [5.74, 6) is -0.313. The SMILES string of the molecule is CCNCCCS(=O)(=O)NC(CO)S(=O)(=O)[O-].[Li+]. The summed E-state index contributed by atoms with van der Waals surface area (Å²) in [6.45, 7) is 1.93. The number of rotatable bonds is 9. The third-order valence-corrected chi connectivity index (χ3v) is 4.42. The molecule has 0 heterocycles. The average molecular weight is 296 g/mol. The van der Waals surface area contributed by atoms with E-state index in [1.807, 2.05) is 6.92 Å². The maximum Gasteiger partial charge on any atom is 1.00 e. The van der Waals surface area contributed by atoms with E-state index in [4.69, 9.17) is 5.11 Å². The first-order valence-electron chi connectivity index (χ1n) is 4.99. The summed E-state index contributed by atoms with van der Waals surface area (Å²) in [6, 6.07) is 0. The summed E-state index contributed by atoms with van der Waals surface area (Å²) in [5.41, 5.74) is 0. The molecule has 0 aromatic rings. The van der Waals surface area contributed by atoms with Crippen molar-refractivity contribution >= 4 is 20.1 Å². The van der Waals surface area contributed by atoms with Gasteiger partial charge >= 0.3 is 18.9 Å². The summed E-state index contributed by atoms with van der Waals surface area (Å²) in [5, 5.41) is 9.49. The molecule has 0 rings (SSSR count). The van der Waals surface area contributed by atoms with Crippen LogP contribution >= 0.6 is 0 Å². The Bertz CT molecular complexity index is 410. The van der Waals surface area contributed by atoms with E-state index >= 15 is 0 Å². The first-order chi connectivity index (χ1) is 7.73. The van der Waals surface area contributed by atoms with Gasteiger partial charge in [0.1, 0.15) is 15.5 Å². The van der Waals surface area contributed by atoms with Crippen LogP contribution in [0.1, 0.15) is 13.3 Å². The van der Waals surface area contributed by atoms with Crippen molar-refractivity contribution in [1.82, 2.24) is 10.0 Å². The van der Waals surface area contributed by atoms with E-state index in [9.17, 15) is 21.4 Å². The second-order valence-corrected chi connectivity index (χ2v) is 6.74. The van der Waals surface area contributed by atoms with Crippen LogP contribution in [0.5, 0.6) is 0 Å². The Labute approximate surface area is 120 Å². The molecule has 0 saturated carbocycles. The predicted octanol–water partition coefficient (Wildman–Crippen LogP) is -5.23. The summed E-state index contributed by atoms with van der Waals surface area (Å²) in [6.07, 6.45) is 0.278. The topological polar surface area (TPSA) is 136 Å². The first kappa shape index (κ1) is 20.7. The van der Waals surface area contributed by atoms with Gasteiger partial charge in [-0.25, -0.2) is 16.8 Å². The Kier molecular flexibility index (Phi) is 10.6. The molecule has 18 heavy (non-hydrogen) atoms. The molecule has 11 heteroatoms. The van der Waals surface area contributed by atoms with Crippen LogP contribution in [0.15, 0.2) is 0 Å². The van der Waals surface area contributed by atoms with Crippen LogP contribution in [-0.2, 0) is 20.1 Å². The zero-order valence-corrected chi connectivity index (χ0v) is 12.1. The van der Waals surface area contributed by atoms with Gasteiger partial charge in [-0.3, -0.25) is 0 Å². The maximum atomic E-state index is 11.4. The fourth-order valence-corrected chi connectivity index (χ4v) is 3.22. The number of hydrogen-bond acceptors (Lipinski definition) is 7. The van der Waals surface area contributed by atoms with Crippen LogP contribution in [-0.4, -0.2) is 57.3 Å². The third kappa shape index (κ3) is 9.29. The van der Waals surface area contributed by atoms with Gasteiger partial charge < -0.3 is 15.0 Å². The molecule has 0 aliphatic heterocycles. The third-order valence-electron chi connectivity index (χ3n) is 1.84. The van der Waals surface area contributed by atoms with Crippen molar-refractivity contribution in [1.29, 1.82) is 0 Å². The molecule has 0 aromatic heterocycles. The summed E-state index contributed by atoms with van der Waals surface area (Å²) in [7, 11) is -8.78. The van der Waals surface area contributed by atoms with Gasteiger partial charge in [-0.15, -0.1) is 0 Å². The van der Waals surface area contributed by atoms with Crippen molar-refractivity contribution in [2.24, 2.45) is 0 Å². The molecule has 8 nitrogen and oxygen atoms in total. The second-order valence-electron chi connectivity index (χ2n) is 3.31. The van der Waals surface area contributed by atoms with Crippen molar-refractivity contribution < 1.29 is 45.4 Å². The van der Waals surface area contributed by atoms with Gasteiger partial charge in [0.25, 0.3) is 0 Å². The van der Waals surface area contributed by atoms with E-state index in [0.717, 1.165) is 0 Å². The molecule has 0 fully saturated rings. The van der Waals surface area contributed by atoms with Gasteiger partial charge in [0.15, 0.2) is 0 Å². The van der Waals surface area contributed by atoms with Crippen molar-refractivity contribution in [3.8, 4) is 0 Å². The van der Waals surface area contributed by atoms with Crippen LogP contribution < -0.4 is 28.9 Å². The quantitative estimate of drug-likeness (QED) is 0.220. The fraction of sp³-hybridized carbons (Fsp3) is 1.00. The molecular weight excluding hydrogens is 279 g/mol. The second kappa shape index (κ2) is 9.27. The Morgan fingerprint density at radius 2 is 1.83 bits per heavy atom. The van der Waals surface area contributed by atoms with E-state index < -0.39 is 32.1 Å². The number of aliphatic hydroxyl groups excluding tert-OH is 1. The molecule has 0 spiro atoms. The van der Waals surface area contributed by atoms with Crippen LogP contribution in [0.25, 0.3) is 0 Å². The van der Waals surface area contributed by atoms with Gasteiger partial charge in [0.2, 0.25) is 10.0 Å². The minimum Gasteiger partial charge on any atom is -0.747 e. The normalized spacial score (nSPS) is 13.9. The van der Waals surface area contributed by atoms with Crippen molar-refractivity contribution in [3.63, 3.8) is 0 Å². The molecule has 104 valence electrons. The largest absolute Gasteiger partial charge is 1.00 e. The number of aliphatic hydroxyl groups is 1. The molecule has 3 N–H and O–H groups in total. The van der Waals surface area contributed by atoms with E-state index in [1.54, 1.807) is 4.72 Å². The number of nitrogens with one attached hydrogen (secondary N) is 2. The zero-order valence-electron chi connectivity index (χ0n) is 10.4. The van der Waals surface area contributed by atoms with E-state index in [0.29, 0.717) is 13.1 Å². The summed E-state index contributed by atoms with van der Waals surface area (Å²) < 4.78 is 56.1. The van der Waals surface area contributed by atoms with E-state index in [2.05, 4.69) is 5.32 Å². The van der Waals surface area contributed by atoms with E-state index in [1.165, 1.54) is 0 Å². The summed E-state index contributed by atoms with van der Waals surface area (Å²) in [4.78, 5) is 0. The van der Waals surface area contributed by atoms with Gasteiger partial charge in [0, 0.05) is 0 Å². The Balaban J connectivity index is 0. The number of sulfonamides is 1. The van der Waals surface area contributed by atoms with E-state index in [-0.39, 0.29) is 31.0 Å². The minimum absolute atomic E-state index is 0. The maximum absolute atomic E-state index is 11.4. The number of hydrogen-bond donors (Lipinski definition) is 3.